The molecule has 3 N–H and O–H groups in total. The van der Waals surface area contributed by atoms with Crippen molar-refractivity contribution in [1.82, 2.24) is 14.5 Å². The molecule has 0 aliphatic heterocycles. The number of hydrogen-bond acceptors (Lipinski definition) is 4. The van der Waals surface area contributed by atoms with Gasteiger partial charge in [0, 0.05) is 19.1 Å². The van der Waals surface area contributed by atoms with Gasteiger partial charge in [0.2, 0.25) is 10.0 Å². The van der Waals surface area contributed by atoms with Gasteiger partial charge in [-0.3, -0.25) is 5.10 Å². The second-order valence-electron chi connectivity index (χ2n) is 4.35. The summed E-state index contributed by atoms with van der Waals surface area (Å²) in [7, 11) is -2.01. The molecule has 1 rings (SSSR count). The van der Waals surface area contributed by atoms with Crippen LogP contribution in [0.5, 0.6) is 0 Å². The molecule has 7 heteroatoms. The third-order valence-electron chi connectivity index (χ3n) is 2.77. The van der Waals surface area contributed by atoms with Crippen LogP contribution in [0.1, 0.15) is 19.5 Å². The molecule has 0 aliphatic rings. The number of aryl methyl sites for hydroxylation is 1. The van der Waals surface area contributed by atoms with Gasteiger partial charge >= 0.3 is 0 Å². The fourth-order valence-corrected chi connectivity index (χ4v) is 2.84. The van der Waals surface area contributed by atoms with E-state index >= 15 is 0 Å². The maximum absolute atomic E-state index is 12.2. The third-order valence-corrected chi connectivity index (χ3v) is 4.96. The molecule has 1 aromatic heterocycles. The molecule has 1 heterocycles. The van der Waals surface area contributed by atoms with Crippen molar-refractivity contribution in [1.29, 1.82) is 0 Å². The Bertz CT molecular complexity index is 464. The van der Waals surface area contributed by atoms with Gasteiger partial charge < -0.3 is 5.73 Å². The van der Waals surface area contributed by atoms with Crippen LogP contribution in [0.15, 0.2) is 11.1 Å². The summed E-state index contributed by atoms with van der Waals surface area (Å²) in [5.74, 6) is 0. The fraction of sp³-hybridized carbons (Fsp3) is 0.667. The number of hydrogen-bond donors (Lipinski definition) is 2. The molecule has 92 valence electrons. The zero-order chi connectivity index (χ0) is 12.6. The molecule has 0 amide bonds. The molecule has 0 unspecified atom stereocenters. The number of rotatable bonds is 4. The first-order valence-electron chi connectivity index (χ1n) is 4.92. The van der Waals surface area contributed by atoms with Crippen molar-refractivity contribution in [3.05, 3.63) is 11.9 Å². The Labute approximate surface area is 95.9 Å². The smallest absolute Gasteiger partial charge is 0.246 e. The molecule has 0 bridgehead atoms. The molecule has 0 aromatic carbocycles. The van der Waals surface area contributed by atoms with Gasteiger partial charge in [-0.1, -0.05) is 0 Å². The van der Waals surface area contributed by atoms with Crippen LogP contribution in [0.25, 0.3) is 0 Å². The molecule has 16 heavy (non-hydrogen) atoms. The van der Waals surface area contributed by atoms with Crippen molar-refractivity contribution < 1.29 is 8.42 Å². The number of H-pyrrole nitrogens is 1. The predicted octanol–water partition coefficient (Wildman–Crippen LogP) is 0.0759. The second kappa shape index (κ2) is 4.15. The lowest BCUT2D eigenvalue weighted by molar-refractivity contribution is 0.274. The van der Waals surface area contributed by atoms with E-state index in [0.717, 1.165) is 0 Å². The lowest BCUT2D eigenvalue weighted by Crippen LogP contribution is -2.49. The van der Waals surface area contributed by atoms with Crippen LogP contribution in [0.2, 0.25) is 0 Å². The van der Waals surface area contributed by atoms with Crippen molar-refractivity contribution in [2.24, 2.45) is 5.73 Å². The molecule has 0 radical (unpaired) electrons. The van der Waals surface area contributed by atoms with Gasteiger partial charge in [-0.25, -0.2) is 8.42 Å². The van der Waals surface area contributed by atoms with E-state index < -0.39 is 15.6 Å². The number of sulfonamides is 1. The summed E-state index contributed by atoms with van der Waals surface area (Å²) in [6, 6.07) is 0. The largest absolute Gasteiger partial charge is 0.329 e. The van der Waals surface area contributed by atoms with E-state index in [-0.39, 0.29) is 11.4 Å². The van der Waals surface area contributed by atoms with Gasteiger partial charge in [0.05, 0.1) is 11.9 Å². The second-order valence-corrected chi connectivity index (χ2v) is 6.29. The first-order valence-corrected chi connectivity index (χ1v) is 6.36. The summed E-state index contributed by atoms with van der Waals surface area (Å²) >= 11 is 0. The molecule has 0 spiro atoms. The lowest BCUT2D eigenvalue weighted by atomic mass is 10.1. The Hall–Kier alpha value is -0.920. The average molecular weight is 246 g/mol. The summed E-state index contributed by atoms with van der Waals surface area (Å²) in [6.45, 7) is 5.47. The number of nitrogens with two attached hydrogens (primary N) is 1. The van der Waals surface area contributed by atoms with Crippen molar-refractivity contribution in [3.63, 3.8) is 0 Å². The van der Waals surface area contributed by atoms with Crippen LogP contribution in [0.4, 0.5) is 0 Å². The van der Waals surface area contributed by atoms with Crippen LogP contribution in [0.3, 0.4) is 0 Å². The van der Waals surface area contributed by atoms with Crippen LogP contribution in [0, 0.1) is 6.92 Å². The minimum atomic E-state index is -3.54. The van der Waals surface area contributed by atoms with Crippen molar-refractivity contribution in [2.75, 3.05) is 13.6 Å². The zero-order valence-corrected chi connectivity index (χ0v) is 10.8. The normalized spacial score (nSPS) is 13.4. The molecule has 0 atom stereocenters. The molecule has 0 fully saturated rings. The highest BCUT2D eigenvalue weighted by Gasteiger charge is 2.34. The van der Waals surface area contributed by atoms with E-state index in [4.69, 9.17) is 5.73 Å². The Balaban J connectivity index is 3.19. The number of nitrogens with one attached hydrogen (secondary N) is 1. The molecule has 1 aromatic rings. The van der Waals surface area contributed by atoms with Gasteiger partial charge in [0.1, 0.15) is 4.90 Å². The SMILES string of the molecule is Cc1[nH]ncc1S(=O)(=O)N(C)C(C)(C)CN. The fourth-order valence-electron chi connectivity index (χ4n) is 1.20. The van der Waals surface area contributed by atoms with Crippen LogP contribution >= 0.6 is 0 Å². The highest BCUT2D eigenvalue weighted by atomic mass is 32.2. The minimum Gasteiger partial charge on any atom is -0.329 e. The van der Waals surface area contributed by atoms with E-state index in [1.54, 1.807) is 20.8 Å². The maximum atomic E-state index is 12.2. The van der Waals surface area contributed by atoms with E-state index in [9.17, 15) is 8.42 Å². The summed E-state index contributed by atoms with van der Waals surface area (Å²) in [6.07, 6.45) is 1.31. The summed E-state index contributed by atoms with van der Waals surface area (Å²) in [4.78, 5) is 0.191. The highest BCUT2D eigenvalue weighted by molar-refractivity contribution is 7.89. The Morgan fingerprint density at radius 2 is 2.12 bits per heavy atom. The molecule has 6 nitrogen and oxygen atoms in total. The van der Waals surface area contributed by atoms with E-state index in [2.05, 4.69) is 10.2 Å². The summed E-state index contributed by atoms with van der Waals surface area (Å²) in [5.41, 5.74) is 5.47. The van der Waals surface area contributed by atoms with Crippen molar-refractivity contribution in [3.8, 4) is 0 Å². The first-order chi connectivity index (χ1) is 7.23. The van der Waals surface area contributed by atoms with E-state index in [1.165, 1.54) is 17.5 Å². The Morgan fingerprint density at radius 3 is 2.50 bits per heavy atom. The number of nitrogens with zero attached hydrogens (tertiary/aromatic N) is 2. The maximum Gasteiger partial charge on any atom is 0.246 e. The molecule has 0 saturated carbocycles. The standard InChI is InChI=1S/C9H18N4O2S/c1-7-8(5-11-12-7)16(14,15)13(4)9(2,3)6-10/h5H,6,10H2,1-4H3,(H,11,12). The topological polar surface area (TPSA) is 92.1 Å². The quantitative estimate of drug-likeness (QED) is 0.786. The Kier molecular flexibility index (Phi) is 3.41. The average Bonchev–Trinajstić information content (AvgIpc) is 2.63. The zero-order valence-electron chi connectivity index (χ0n) is 9.98. The van der Waals surface area contributed by atoms with Gasteiger partial charge in [-0.2, -0.15) is 9.40 Å². The number of aromatic amines is 1. The predicted molar refractivity (Wildman–Crippen MR) is 61.4 cm³/mol. The van der Waals surface area contributed by atoms with Gasteiger partial charge in [-0.15, -0.1) is 0 Å². The molecular formula is C9H18N4O2S. The van der Waals surface area contributed by atoms with Gasteiger partial charge in [0.15, 0.2) is 0 Å². The number of aromatic nitrogens is 2. The van der Waals surface area contributed by atoms with Crippen molar-refractivity contribution >= 4 is 10.0 Å². The van der Waals surface area contributed by atoms with Crippen LogP contribution < -0.4 is 5.73 Å². The van der Waals surface area contributed by atoms with E-state index in [0.29, 0.717) is 5.69 Å². The molecule has 0 aliphatic carbocycles. The van der Waals surface area contributed by atoms with Crippen LogP contribution in [-0.2, 0) is 10.0 Å². The Morgan fingerprint density at radius 1 is 1.56 bits per heavy atom. The third kappa shape index (κ3) is 2.11. The number of likely N-dealkylation sites (N-methyl/N-ethyl adjacent to an activating group) is 1. The van der Waals surface area contributed by atoms with Crippen molar-refractivity contribution in [2.45, 2.75) is 31.2 Å². The summed E-state index contributed by atoms with van der Waals surface area (Å²) < 4.78 is 25.7. The van der Waals surface area contributed by atoms with E-state index in [1.807, 2.05) is 0 Å². The highest BCUT2D eigenvalue weighted by Crippen LogP contribution is 2.23. The minimum absolute atomic E-state index is 0.191. The summed E-state index contributed by atoms with van der Waals surface area (Å²) in [5, 5.41) is 6.33. The lowest BCUT2D eigenvalue weighted by Gasteiger charge is -2.33. The van der Waals surface area contributed by atoms with Gasteiger partial charge in [0.25, 0.3) is 0 Å². The van der Waals surface area contributed by atoms with Crippen LogP contribution in [-0.4, -0.2) is 42.1 Å². The van der Waals surface area contributed by atoms with Gasteiger partial charge in [-0.05, 0) is 20.8 Å². The first kappa shape index (κ1) is 13.1. The monoisotopic (exact) mass is 246 g/mol. The molecular weight excluding hydrogens is 228 g/mol. The molecule has 0 saturated heterocycles.